The number of piperidine rings is 1. The van der Waals surface area contributed by atoms with Crippen molar-refractivity contribution in [3.8, 4) is 0 Å². The Morgan fingerprint density at radius 2 is 1.95 bits per heavy atom. The summed E-state index contributed by atoms with van der Waals surface area (Å²) in [7, 11) is -3.76. The number of hydrogen-bond donors (Lipinski definition) is 1. The van der Waals surface area contributed by atoms with Gasteiger partial charge in [0, 0.05) is 11.0 Å². The third-order valence-electron chi connectivity index (χ3n) is 3.52. The van der Waals surface area contributed by atoms with Crippen molar-refractivity contribution in [2.45, 2.75) is 30.7 Å². The van der Waals surface area contributed by atoms with E-state index >= 15 is 0 Å². The van der Waals surface area contributed by atoms with Crippen molar-refractivity contribution in [2.24, 2.45) is 5.92 Å². The van der Waals surface area contributed by atoms with Gasteiger partial charge in [0.1, 0.15) is 6.04 Å². The van der Waals surface area contributed by atoms with Gasteiger partial charge in [0.2, 0.25) is 10.0 Å². The van der Waals surface area contributed by atoms with Gasteiger partial charge in [-0.2, -0.15) is 4.31 Å². The molecule has 1 N–H and O–H groups in total. The second-order valence-corrected chi connectivity index (χ2v) is 7.86. The summed E-state index contributed by atoms with van der Waals surface area (Å²) in [6.45, 7) is 2.19. The normalized spacial score (nSPS) is 24.5. The van der Waals surface area contributed by atoms with Crippen molar-refractivity contribution >= 4 is 31.9 Å². The minimum Gasteiger partial charge on any atom is -0.480 e. The van der Waals surface area contributed by atoms with Crippen LogP contribution < -0.4 is 0 Å². The van der Waals surface area contributed by atoms with E-state index in [1.165, 1.54) is 12.1 Å². The number of carboxylic acid groups (broad SMARTS) is 1. The summed E-state index contributed by atoms with van der Waals surface area (Å²) >= 11 is 3.25. The Bertz CT molecular complexity index is 599. The highest BCUT2D eigenvalue weighted by atomic mass is 79.9. The van der Waals surface area contributed by atoms with Crippen LogP contribution in [-0.2, 0) is 14.8 Å². The number of nitrogens with zero attached hydrogens (tertiary/aromatic N) is 1. The van der Waals surface area contributed by atoms with E-state index in [4.69, 9.17) is 0 Å². The van der Waals surface area contributed by atoms with Crippen molar-refractivity contribution in [1.82, 2.24) is 4.31 Å². The smallest absolute Gasteiger partial charge is 0.322 e. The lowest BCUT2D eigenvalue weighted by molar-refractivity contribution is -0.143. The van der Waals surface area contributed by atoms with Crippen LogP contribution in [0.5, 0.6) is 0 Å². The first-order valence-electron chi connectivity index (χ1n) is 6.32. The van der Waals surface area contributed by atoms with Gasteiger partial charge in [-0.15, -0.1) is 0 Å². The summed E-state index contributed by atoms with van der Waals surface area (Å²) in [4.78, 5) is 11.5. The molecule has 1 saturated heterocycles. The van der Waals surface area contributed by atoms with Crippen molar-refractivity contribution in [3.05, 3.63) is 28.7 Å². The minimum absolute atomic E-state index is 0.126. The van der Waals surface area contributed by atoms with Gasteiger partial charge in [0.05, 0.1) is 4.90 Å². The van der Waals surface area contributed by atoms with E-state index in [9.17, 15) is 18.3 Å². The van der Waals surface area contributed by atoms with Crippen molar-refractivity contribution in [1.29, 1.82) is 0 Å². The first-order valence-corrected chi connectivity index (χ1v) is 8.56. The van der Waals surface area contributed by atoms with Crippen LogP contribution in [0.3, 0.4) is 0 Å². The number of carbonyl (C=O) groups is 1. The maximum atomic E-state index is 12.6. The van der Waals surface area contributed by atoms with Crippen LogP contribution in [0.2, 0.25) is 0 Å². The maximum absolute atomic E-state index is 12.6. The first kappa shape index (κ1) is 15.5. The molecule has 0 radical (unpaired) electrons. The average molecular weight is 362 g/mol. The van der Waals surface area contributed by atoms with E-state index in [0.29, 0.717) is 12.8 Å². The van der Waals surface area contributed by atoms with Crippen LogP contribution in [0.15, 0.2) is 33.6 Å². The predicted octanol–water partition coefficient (Wildman–Crippen LogP) is 2.32. The fourth-order valence-corrected chi connectivity index (χ4v) is 4.25. The summed E-state index contributed by atoms with van der Waals surface area (Å²) in [5, 5.41) is 9.27. The molecule has 1 aromatic carbocycles. The Balaban J connectivity index is 2.36. The molecule has 7 heteroatoms. The van der Waals surface area contributed by atoms with Crippen LogP contribution in [0.4, 0.5) is 0 Å². The molecule has 2 unspecified atom stereocenters. The van der Waals surface area contributed by atoms with Gasteiger partial charge >= 0.3 is 5.97 Å². The lowest BCUT2D eigenvalue weighted by atomic mass is 9.94. The highest BCUT2D eigenvalue weighted by Gasteiger charge is 2.39. The molecule has 1 heterocycles. The van der Waals surface area contributed by atoms with Crippen molar-refractivity contribution in [3.63, 3.8) is 0 Å². The van der Waals surface area contributed by atoms with E-state index in [1.54, 1.807) is 12.1 Å². The Hall–Kier alpha value is -0.920. The Morgan fingerprint density at radius 1 is 1.35 bits per heavy atom. The molecule has 110 valence electrons. The quantitative estimate of drug-likeness (QED) is 0.896. The van der Waals surface area contributed by atoms with Gasteiger partial charge in [0.25, 0.3) is 0 Å². The van der Waals surface area contributed by atoms with Crippen LogP contribution in [0, 0.1) is 5.92 Å². The van der Waals surface area contributed by atoms with Gasteiger partial charge in [-0.3, -0.25) is 4.79 Å². The summed E-state index contributed by atoms with van der Waals surface area (Å²) in [5.41, 5.74) is 0. The molecule has 1 aromatic rings. The largest absolute Gasteiger partial charge is 0.480 e. The zero-order chi connectivity index (χ0) is 14.9. The summed E-state index contributed by atoms with van der Waals surface area (Å²) in [6.07, 6.45) is 1.03. The van der Waals surface area contributed by atoms with Gasteiger partial charge in [-0.05, 0) is 43.0 Å². The zero-order valence-electron chi connectivity index (χ0n) is 11.0. The number of aliphatic carboxylic acids is 1. The summed E-state index contributed by atoms with van der Waals surface area (Å²) < 4.78 is 27.0. The Labute approximate surface area is 126 Å². The maximum Gasteiger partial charge on any atom is 0.322 e. The van der Waals surface area contributed by atoms with Gasteiger partial charge in [-0.1, -0.05) is 22.9 Å². The number of benzene rings is 1. The van der Waals surface area contributed by atoms with E-state index < -0.39 is 22.0 Å². The molecule has 1 fully saturated rings. The Morgan fingerprint density at radius 3 is 2.50 bits per heavy atom. The molecule has 5 nitrogen and oxygen atoms in total. The standard InChI is InChI=1S/C13H16BrNO4S/c1-9-6-7-15(12(8-9)13(16)17)20(18,19)11-4-2-10(14)3-5-11/h2-5,9,12H,6-8H2,1H3,(H,16,17). The lowest BCUT2D eigenvalue weighted by Gasteiger charge is -2.34. The first-order chi connectivity index (χ1) is 9.32. The number of hydrogen-bond acceptors (Lipinski definition) is 3. The highest BCUT2D eigenvalue weighted by Crippen LogP contribution is 2.29. The average Bonchev–Trinajstić information content (AvgIpc) is 2.38. The second kappa shape index (κ2) is 5.83. The number of sulfonamides is 1. The summed E-state index contributed by atoms with van der Waals surface area (Å²) in [6, 6.07) is 5.25. The summed E-state index contributed by atoms with van der Waals surface area (Å²) in [5.74, 6) is -0.871. The van der Waals surface area contributed by atoms with Gasteiger partial charge < -0.3 is 5.11 Å². The van der Waals surface area contributed by atoms with Crippen LogP contribution in [0.1, 0.15) is 19.8 Å². The zero-order valence-corrected chi connectivity index (χ0v) is 13.4. The second-order valence-electron chi connectivity index (χ2n) is 5.05. The lowest BCUT2D eigenvalue weighted by Crippen LogP contribution is -2.49. The molecule has 0 aromatic heterocycles. The van der Waals surface area contributed by atoms with Crippen molar-refractivity contribution < 1.29 is 18.3 Å². The van der Waals surface area contributed by atoms with Crippen LogP contribution in [-0.4, -0.2) is 36.4 Å². The topological polar surface area (TPSA) is 74.7 Å². The fourth-order valence-electron chi connectivity index (χ4n) is 2.37. The number of rotatable bonds is 3. The molecule has 2 atom stereocenters. The third-order valence-corrected chi connectivity index (χ3v) is 5.97. The van der Waals surface area contributed by atoms with E-state index in [-0.39, 0.29) is 17.4 Å². The van der Waals surface area contributed by atoms with E-state index in [2.05, 4.69) is 15.9 Å². The number of halogens is 1. The van der Waals surface area contributed by atoms with Crippen molar-refractivity contribution in [2.75, 3.05) is 6.54 Å². The van der Waals surface area contributed by atoms with Gasteiger partial charge in [-0.25, -0.2) is 8.42 Å². The third kappa shape index (κ3) is 3.05. The molecule has 0 spiro atoms. The molecule has 0 aliphatic carbocycles. The molecule has 1 aliphatic rings. The Kier molecular flexibility index (Phi) is 4.51. The van der Waals surface area contributed by atoms with Gasteiger partial charge in [0.15, 0.2) is 0 Å². The van der Waals surface area contributed by atoms with E-state index in [1.807, 2.05) is 6.92 Å². The molecular formula is C13H16BrNO4S. The predicted molar refractivity (Wildman–Crippen MR) is 77.9 cm³/mol. The minimum atomic E-state index is -3.76. The molecule has 0 saturated carbocycles. The van der Waals surface area contributed by atoms with Crippen LogP contribution in [0.25, 0.3) is 0 Å². The molecule has 0 bridgehead atoms. The SMILES string of the molecule is CC1CCN(S(=O)(=O)c2ccc(Br)cc2)C(C(=O)O)C1. The molecule has 20 heavy (non-hydrogen) atoms. The molecule has 2 rings (SSSR count). The van der Waals surface area contributed by atoms with E-state index in [0.717, 1.165) is 8.78 Å². The number of carboxylic acids is 1. The monoisotopic (exact) mass is 361 g/mol. The fraction of sp³-hybridized carbons (Fsp3) is 0.462. The van der Waals surface area contributed by atoms with Crippen LogP contribution >= 0.6 is 15.9 Å². The molecule has 1 aliphatic heterocycles. The highest BCUT2D eigenvalue weighted by molar-refractivity contribution is 9.10. The molecule has 0 amide bonds. The molecular weight excluding hydrogens is 346 g/mol.